The molecule has 2 aromatic carbocycles. The molecule has 30 heavy (non-hydrogen) atoms. The van der Waals surface area contributed by atoms with Crippen LogP contribution in [0.15, 0.2) is 42.7 Å². The predicted molar refractivity (Wildman–Crippen MR) is 123 cm³/mol. The molecule has 5 nitrogen and oxygen atoms in total. The SMILES string of the molecule is COC(=O)c1ccc(Cl)c(Nc2ncnc3sc(C)c(-c4ccc(C)c(C)c4)c23)c1. The van der Waals surface area contributed by atoms with Crippen LogP contribution < -0.4 is 5.32 Å². The van der Waals surface area contributed by atoms with Crippen LogP contribution in [0.3, 0.4) is 0 Å². The minimum absolute atomic E-state index is 0.408. The maximum Gasteiger partial charge on any atom is 0.337 e. The predicted octanol–water partition coefficient (Wildman–Crippen LogP) is 6.47. The molecule has 0 bridgehead atoms. The molecular weight excluding hydrogens is 418 g/mol. The number of hydrogen-bond acceptors (Lipinski definition) is 6. The van der Waals surface area contributed by atoms with E-state index in [1.165, 1.54) is 24.6 Å². The first-order chi connectivity index (χ1) is 14.4. The number of anilines is 2. The Morgan fingerprint density at radius 2 is 1.87 bits per heavy atom. The summed E-state index contributed by atoms with van der Waals surface area (Å²) in [6.45, 7) is 6.30. The second-order valence-electron chi connectivity index (χ2n) is 7.05. The van der Waals surface area contributed by atoms with Crippen molar-refractivity contribution in [2.75, 3.05) is 12.4 Å². The Hall–Kier alpha value is -2.96. The highest BCUT2D eigenvalue weighted by Crippen LogP contribution is 2.42. The van der Waals surface area contributed by atoms with Crippen LogP contribution in [0.25, 0.3) is 21.3 Å². The van der Waals surface area contributed by atoms with Crippen LogP contribution >= 0.6 is 22.9 Å². The number of halogens is 1. The molecule has 0 radical (unpaired) electrons. The van der Waals surface area contributed by atoms with Gasteiger partial charge in [-0.3, -0.25) is 0 Å². The summed E-state index contributed by atoms with van der Waals surface area (Å²) in [5, 5.41) is 4.71. The zero-order valence-corrected chi connectivity index (χ0v) is 18.6. The molecule has 1 N–H and O–H groups in total. The third kappa shape index (κ3) is 3.64. The molecule has 2 heterocycles. The summed E-state index contributed by atoms with van der Waals surface area (Å²) >= 11 is 8.02. The molecule has 0 saturated heterocycles. The minimum atomic E-state index is -0.426. The molecule has 4 rings (SSSR count). The van der Waals surface area contributed by atoms with Crippen molar-refractivity contribution < 1.29 is 9.53 Å². The molecule has 0 aliphatic heterocycles. The molecule has 0 spiro atoms. The quantitative estimate of drug-likeness (QED) is 0.371. The summed E-state index contributed by atoms with van der Waals surface area (Å²) in [5.41, 5.74) is 5.68. The standard InChI is InChI=1S/C23H20ClN3O2S/c1-12-5-6-15(9-13(12)2)19-14(3)30-22-20(19)21(25-11-26-22)27-18-10-16(23(28)29-4)7-8-17(18)24/h5-11H,1-4H3,(H,25,26,27). The molecule has 2 aromatic heterocycles. The molecule has 7 heteroatoms. The topological polar surface area (TPSA) is 64.1 Å². The van der Waals surface area contributed by atoms with E-state index in [0.29, 0.717) is 22.1 Å². The Morgan fingerprint density at radius 1 is 1.07 bits per heavy atom. The number of nitrogens with zero attached hydrogens (tertiary/aromatic N) is 2. The van der Waals surface area contributed by atoms with Crippen molar-refractivity contribution in [1.29, 1.82) is 0 Å². The van der Waals surface area contributed by atoms with E-state index in [-0.39, 0.29) is 0 Å². The zero-order valence-electron chi connectivity index (χ0n) is 17.0. The number of benzene rings is 2. The number of carbonyl (C=O) groups excluding carboxylic acids is 1. The van der Waals surface area contributed by atoms with Gasteiger partial charge in [0.2, 0.25) is 0 Å². The van der Waals surface area contributed by atoms with Crippen LogP contribution in [0.5, 0.6) is 0 Å². The third-order valence-corrected chi connectivity index (χ3v) is 6.44. The number of nitrogens with one attached hydrogen (secondary N) is 1. The maximum atomic E-state index is 11.9. The van der Waals surface area contributed by atoms with Crippen molar-refractivity contribution in [2.45, 2.75) is 20.8 Å². The third-order valence-electron chi connectivity index (χ3n) is 5.10. The van der Waals surface area contributed by atoms with Gasteiger partial charge in [0.05, 0.1) is 28.8 Å². The second-order valence-corrected chi connectivity index (χ2v) is 8.66. The van der Waals surface area contributed by atoms with E-state index in [9.17, 15) is 4.79 Å². The van der Waals surface area contributed by atoms with Crippen molar-refractivity contribution >= 4 is 50.6 Å². The molecule has 152 valence electrons. The first-order valence-electron chi connectivity index (χ1n) is 9.35. The Morgan fingerprint density at radius 3 is 2.60 bits per heavy atom. The van der Waals surface area contributed by atoms with Crippen molar-refractivity contribution in [3.8, 4) is 11.1 Å². The van der Waals surface area contributed by atoms with Gasteiger partial charge < -0.3 is 10.1 Å². The number of thiophene rings is 1. The lowest BCUT2D eigenvalue weighted by Crippen LogP contribution is -2.03. The lowest BCUT2D eigenvalue weighted by Gasteiger charge is -2.12. The largest absolute Gasteiger partial charge is 0.465 e. The Kier molecular flexibility index (Phi) is 5.45. The van der Waals surface area contributed by atoms with Crippen LogP contribution in [0, 0.1) is 20.8 Å². The van der Waals surface area contributed by atoms with E-state index < -0.39 is 5.97 Å². The average molecular weight is 438 g/mol. The van der Waals surface area contributed by atoms with Crippen LogP contribution in [-0.2, 0) is 4.74 Å². The molecule has 0 saturated carbocycles. The van der Waals surface area contributed by atoms with E-state index in [1.54, 1.807) is 29.5 Å². The van der Waals surface area contributed by atoms with Crippen molar-refractivity contribution in [3.63, 3.8) is 0 Å². The number of hydrogen-bond donors (Lipinski definition) is 1. The smallest absolute Gasteiger partial charge is 0.337 e. The highest BCUT2D eigenvalue weighted by atomic mass is 35.5. The van der Waals surface area contributed by atoms with Gasteiger partial charge in [-0.1, -0.05) is 29.8 Å². The monoisotopic (exact) mass is 437 g/mol. The van der Waals surface area contributed by atoms with Crippen LogP contribution in [0.1, 0.15) is 26.4 Å². The number of ether oxygens (including phenoxy) is 1. The number of rotatable bonds is 4. The summed E-state index contributed by atoms with van der Waals surface area (Å²) < 4.78 is 4.82. The second kappa shape index (κ2) is 8.05. The van der Waals surface area contributed by atoms with Gasteiger partial charge in [0.15, 0.2) is 0 Å². The fourth-order valence-corrected chi connectivity index (χ4v) is 4.55. The summed E-state index contributed by atoms with van der Waals surface area (Å²) in [7, 11) is 1.35. The zero-order chi connectivity index (χ0) is 21.4. The lowest BCUT2D eigenvalue weighted by atomic mass is 9.99. The van der Waals surface area contributed by atoms with Gasteiger partial charge >= 0.3 is 5.97 Å². The lowest BCUT2D eigenvalue weighted by molar-refractivity contribution is 0.0601. The van der Waals surface area contributed by atoms with Gasteiger partial charge in [-0.15, -0.1) is 11.3 Å². The Balaban J connectivity index is 1.87. The number of methoxy groups -OCH3 is 1. The number of aromatic nitrogens is 2. The van der Waals surface area contributed by atoms with Crippen molar-refractivity contribution in [3.05, 3.63) is 69.3 Å². The van der Waals surface area contributed by atoms with Crippen LogP contribution in [-0.4, -0.2) is 23.0 Å². The number of fused-ring (bicyclic) bond motifs is 1. The van der Waals surface area contributed by atoms with E-state index in [2.05, 4.69) is 54.3 Å². The van der Waals surface area contributed by atoms with Gasteiger partial charge in [-0.2, -0.15) is 0 Å². The Labute approximate surface area is 183 Å². The summed E-state index contributed by atoms with van der Waals surface area (Å²) in [6.07, 6.45) is 1.53. The van der Waals surface area contributed by atoms with Crippen molar-refractivity contribution in [1.82, 2.24) is 9.97 Å². The van der Waals surface area contributed by atoms with Crippen LogP contribution in [0.4, 0.5) is 11.5 Å². The fraction of sp³-hybridized carbons (Fsp3) is 0.174. The average Bonchev–Trinajstić information content (AvgIpc) is 3.08. The molecule has 0 aliphatic carbocycles. The van der Waals surface area contributed by atoms with Gasteiger partial charge in [-0.25, -0.2) is 14.8 Å². The fourth-order valence-electron chi connectivity index (χ4n) is 3.38. The molecule has 0 amide bonds. The molecule has 0 aliphatic rings. The highest BCUT2D eigenvalue weighted by Gasteiger charge is 2.18. The summed E-state index contributed by atoms with van der Waals surface area (Å²) in [4.78, 5) is 22.9. The first-order valence-corrected chi connectivity index (χ1v) is 10.5. The molecule has 0 unspecified atom stereocenters. The van der Waals surface area contributed by atoms with Gasteiger partial charge in [0, 0.05) is 10.4 Å². The first kappa shape index (κ1) is 20.3. The normalized spacial score (nSPS) is 11.0. The minimum Gasteiger partial charge on any atom is -0.465 e. The molecule has 0 fully saturated rings. The molecule has 4 aromatic rings. The van der Waals surface area contributed by atoms with Crippen molar-refractivity contribution in [2.24, 2.45) is 0 Å². The maximum absolute atomic E-state index is 11.9. The van der Waals surface area contributed by atoms with E-state index in [4.69, 9.17) is 16.3 Å². The summed E-state index contributed by atoms with van der Waals surface area (Å²) in [6, 6.07) is 11.4. The number of aryl methyl sites for hydroxylation is 3. The Bertz CT molecular complexity index is 1280. The van der Waals surface area contributed by atoms with E-state index in [0.717, 1.165) is 26.2 Å². The van der Waals surface area contributed by atoms with E-state index in [1.807, 2.05) is 0 Å². The summed E-state index contributed by atoms with van der Waals surface area (Å²) in [5.74, 6) is 0.214. The molecule has 0 atom stereocenters. The molecular formula is C23H20ClN3O2S. The van der Waals surface area contributed by atoms with Gasteiger partial charge in [-0.05, 0) is 55.7 Å². The van der Waals surface area contributed by atoms with Crippen LogP contribution in [0.2, 0.25) is 5.02 Å². The number of esters is 1. The van der Waals surface area contributed by atoms with Gasteiger partial charge in [0.25, 0.3) is 0 Å². The van der Waals surface area contributed by atoms with E-state index >= 15 is 0 Å². The highest BCUT2D eigenvalue weighted by molar-refractivity contribution is 7.19. The number of carbonyl (C=O) groups is 1. The van der Waals surface area contributed by atoms with Gasteiger partial charge in [0.1, 0.15) is 17.0 Å².